The van der Waals surface area contributed by atoms with Gasteiger partial charge in [0.2, 0.25) is 0 Å². The van der Waals surface area contributed by atoms with Gasteiger partial charge in [-0.15, -0.1) is 0 Å². The fourth-order valence-corrected chi connectivity index (χ4v) is 3.29. The van der Waals surface area contributed by atoms with Crippen molar-refractivity contribution in [3.05, 3.63) is 84.6 Å². The number of hydrogen-bond acceptors (Lipinski definition) is 3. The molecule has 0 aliphatic carbocycles. The molecule has 2 aromatic heterocycles. The SMILES string of the molecule is CCn1cncc1-c1c(-c2ccccc2)ncn1Cc1ccc(CO)cc1. The monoisotopic (exact) mass is 358 g/mol. The molecule has 5 heteroatoms. The molecule has 0 aliphatic rings. The lowest BCUT2D eigenvalue weighted by molar-refractivity contribution is 0.282. The minimum atomic E-state index is 0.0600. The van der Waals surface area contributed by atoms with Crippen LogP contribution >= 0.6 is 0 Å². The molecule has 0 radical (unpaired) electrons. The quantitative estimate of drug-likeness (QED) is 0.567. The number of aliphatic hydroxyl groups is 1. The van der Waals surface area contributed by atoms with Gasteiger partial charge in [-0.1, -0.05) is 54.6 Å². The van der Waals surface area contributed by atoms with Gasteiger partial charge in [-0.05, 0) is 18.1 Å². The Hall–Kier alpha value is -3.18. The fourth-order valence-electron chi connectivity index (χ4n) is 3.29. The second-order valence-electron chi connectivity index (χ2n) is 6.48. The van der Waals surface area contributed by atoms with E-state index in [1.807, 2.05) is 49.2 Å². The van der Waals surface area contributed by atoms with Crippen molar-refractivity contribution < 1.29 is 5.11 Å². The van der Waals surface area contributed by atoms with Gasteiger partial charge in [-0.2, -0.15) is 0 Å². The largest absolute Gasteiger partial charge is 0.392 e. The first-order valence-corrected chi connectivity index (χ1v) is 9.10. The van der Waals surface area contributed by atoms with Gasteiger partial charge < -0.3 is 14.2 Å². The van der Waals surface area contributed by atoms with E-state index in [2.05, 4.69) is 45.3 Å². The zero-order valence-electron chi connectivity index (χ0n) is 15.3. The molecular weight excluding hydrogens is 336 g/mol. The highest BCUT2D eigenvalue weighted by molar-refractivity contribution is 5.76. The maximum absolute atomic E-state index is 9.25. The molecule has 0 amide bonds. The lowest BCUT2D eigenvalue weighted by Crippen LogP contribution is -2.04. The lowest BCUT2D eigenvalue weighted by atomic mass is 10.1. The minimum Gasteiger partial charge on any atom is -0.392 e. The first-order chi connectivity index (χ1) is 13.3. The number of nitrogens with zero attached hydrogens (tertiary/aromatic N) is 4. The van der Waals surface area contributed by atoms with Crippen LogP contribution < -0.4 is 0 Å². The van der Waals surface area contributed by atoms with E-state index in [1.165, 1.54) is 0 Å². The van der Waals surface area contributed by atoms with Gasteiger partial charge in [0, 0.05) is 18.7 Å². The van der Waals surface area contributed by atoms with Crippen LogP contribution in [0, 0.1) is 0 Å². The second kappa shape index (κ2) is 7.60. The molecule has 27 heavy (non-hydrogen) atoms. The van der Waals surface area contributed by atoms with Crippen LogP contribution in [0.3, 0.4) is 0 Å². The average molecular weight is 358 g/mol. The van der Waals surface area contributed by atoms with E-state index in [1.54, 1.807) is 0 Å². The van der Waals surface area contributed by atoms with Crippen molar-refractivity contribution in [1.29, 1.82) is 0 Å². The predicted octanol–water partition coefficient (Wildman–Crippen LogP) is 3.97. The Morgan fingerprint density at radius 3 is 2.33 bits per heavy atom. The van der Waals surface area contributed by atoms with Crippen LogP contribution in [0.5, 0.6) is 0 Å². The summed E-state index contributed by atoms with van der Waals surface area (Å²) < 4.78 is 4.30. The highest BCUT2D eigenvalue weighted by atomic mass is 16.3. The topological polar surface area (TPSA) is 55.9 Å². The van der Waals surface area contributed by atoms with Gasteiger partial charge in [0.25, 0.3) is 0 Å². The normalized spacial score (nSPS) is 11.0. The number of aryl methyl sites for hydroxylation is 1. The predicted molar refractivity (Wildman–Crippen MR) is 106 cm³/mol. The average Bonchev–Trinajstić information content (AvgIpc) is 3.35. The van der Waals surface area contributed by atoms with Gasteiger partial charge in [-0.25, -0.2) is 9.97 Å². The Bertz CT molecular complexity index is 1020. The van der Waals surface area contributed by atoms with E-state index in [0.29, 0.717) is 6.54 Å². The Kier molecular flexibility index (Phi) is 4.85. The summed E-state index contributed by atoms with van der Waals surface area (Å²) in [5, 5.41) is 9.25. The number of imidazole rings is 2. The molecule has 0 spiro atoms. The van der Waals surface area contributed by atoms with Gasteiger partial charge >= 0.3 is 0 Å². The van der Waals surface area contributed by atoms with E-state index < -0.39 is 0 Å². The third kappa shape index (κ3) is 3.41. The molecule has 0 saturated heterocycles. The van der Waals surface area contributed by atoms with Crippen LogP contribution in [0.4, 0.5) is 0 Å². The second-order valence-corrected chi connectivity index (χ2v) is 6.48. The molecule has 4 rings (SSSR count). The molecule has 0 bridgehead atoms. The van der Waals surface area contributed by atoms with E-state index in [9.17, 15) is 5.11 Å². The molecule has 2 aromatic carbocycles. The molecule has 0 atom stereocenters. The summed E-state index contributed by atoms with van der Waals surface area (Å²) in [5.74, 6) is 0. The van der Waals surface area contributed by atoms with Crippen LogP contribution in [0.1, 0.15) is 18.1 Å². The van der Waals surface area contributed by atoms with Gasteiger partial charge in [0.05, 0.1) is 42.5 Å². The number of rotatable bonds is 6. The van der Waals surface area contributed by atoms with Crippen molar-refractivity contribution in [3.63, 3.8) is 0 Å². The van der Waals surface area contributed by atoms with Crippen molar-refractivity contribution in [1.82, 2.24) is 19.1 Å². The standard InChI is InChI=1S/C22H22N4O/c1-2-25-15-23-12-20(25)22-21(19-6-4-3-5-7-19)24-16-26(22)13-17-8-10-18(14-27)11-9-17/h3-12,15-16,27H,2,13-14H2,1H3. The fraction of sp³-hybridized carbons (Fsp3) is 0.182. The summed E-state index contributed by atoms with van der Waals surface area (Å²) in [6.45, 7) is 3.72. The Labute approximate surface area is 158 Å². The third-order valence-corrected chi connectivity index (χ3v) is 4.74. The molecule has 0 saturated carbocycles. The van der Waals surface area contributed by atoms with E-state index >= 15 is 0 Å². The van der Waals surface area contributed by atoms with Crippen molar-refractivity contribution in [2.45, 2.75) is 26.6 Å². The molecule has 4 aromatic rings. The smallest absolute Gasteiger partial charge is 0.0979 e. The molecule has 1 N–H and O–H groups in total. The minimum absolute atomic E-state index is 0.0600. The first kappa shape index (κ1) is 17.2. The van der Waals surface area contributed by atoms with Crippen LogP contribution in [0.25, 0.3) is 22.6 Å². The zero-order chi connectivity index (χ0) is 18.6. The Balaban J connectivity index is 1.80. The number of hydrogen-bond donors (Lipinski definition) is 1. The van der Waals surface area contributed by atoms with Crippen molar-refractivity contribution in [2.24, 2.45) is 0 Å². The molecule has 136 valence electrons. The molecular formula is C22H22N4O. The number of aliphatic hydroxyl groups excluding tert-OH is 1. The number of benzene rings is 2. The summed E-state index contributed by atoms with van der Waals surface area (Å²) in [4.78, 5) is 9.08. The maximum atomic E-state index is 9.25. The Morgan fingerprint density at radius 1 is 0.889 bits per heavy atom. The van der Waals surface area contributed by atoms with Crippen LogP contribution in [0.15, 0.2) is 73.4 Å². The summed E-state index contributed by atoms with van der Waals surface area (Å²) in [5.41, 5.74) is 6.24. The third-order valence-electron chi connectivity index (χ3n) is 4.74. The summed E-state index contributed by atoms with van der Waals surface area (Å²) in [6, 6.07) is 18.3. The molecule has 2 heterocycles. The molecule has 0 fully saturated rings. The molecule has 0 unspecified atom stereocenters. The lowest BCUT2D eigenvalue weighted by Gasteiger charge is -2.12. The van der Waals surface area contributed by atoms with E-state index in [0.717, 1.165) is 40.3 Å². The van der Waals surface area contributed by atoms with Crippen molar-refractivity contribution in [3.8, 4) is 22.6 Å². The summed E-state index contributed by atoms with van der Waals surface area (Å²) in [6.07, 6.45) is 5.65. The molecule has 0 aliphatic heterocycles. The highest BCUT2D eigenvalue weighted by Gasteiger charge is 2.18. The number of aromatic nitrogens is 4. The van der Waals surface area contributed by atoms with Crippen LogP contribution in [-0.2, 0) is 19.7 Å². The Morgan fingerprint density at radius 2 is 1.63 bits per heavy atom. The molecule has 5 nitrogen and oxygen atoms in total. The van der Waals surface area contributed by atoms with Crippen LogP contribution in [0.2, 0.25) is 0 Å². The maximum Gasteiger partial charge on any atom is 0.0979 e. The zero-order valence-corrected chi connectivity index (χ0v) is 15.3. The van der Waals surface area contributed by atoms with Gasteiger partial charge in [-0.3, -0.25) is 0 Å². The first-order valence-electron chi connectivity index (χ1n) is 9.10. The van der Waals surface area contributed by atoms with Crippen molar-refractivity contribution in [2.75, 3.05) is 0 Å². The summed E-state index contributed by atoms with van der Waals surface area (Å²) >= 11 is 0. The van der Waals surface area contributed by atoms with Gasteiger partial charge in [0.1, 0.15) is 0 Å². The highest BCUT2D eigenvalue weighted by Crippen LogP contribution is 2.31. The van der Waals surface area contributed by atoms with Crippen molar-refractivity contribution >= 4 is 0 Å². The summed E-state index contributed by atoms with van der Waals surface area (Å²) in [7, 11) is 0. The van der Waals surface area contributed by atoms with E-state index in [-0.39, 0.29) is 6.61 Å². The van der Waals surface area contributed by atoms with Gasteiger partial charge in [0.15, 0.2) is 0 Å². The van der Waals surface area contributed by atoms with E-state index in [4.69, 9.17) is 4.98 Å². The van der Waals surface area contributed by atoms with Crippen LogP contribution in [-0.4, -0.2) is 24.2 Å².